The molecule has 6 nitrogen and oxygen atoms in total. The summed E-state index contributed by atoms with van der Waals surface area (Å²) in [5.74, 6) is 1.34. The predicted octanol–water partition coefficient (Wildman–Crippen LogP) is 2.64. The Kier molecular flexibility index (Phi) is 4.51. The van der Waals surface area contributed by atoms with Crippen molar-refractivity contribution >= 4 is 5.69 Å². The van der Waals surface area contributed by atoms with Crippen molar-refractivity contribution in [3.05, 3.63) is 46.3 Å². The largest absolute Gasteiger partial charge is 0.496 e. The third-order valence-electron chi connectivity index (χ3n) is 4.55. The molecule has 2 heterocycles. The molecule has 1 aromatic carbocycles. The molecule has 130 valence electrons. The number of rotatable bonds is 3. The van der Waals surface area contributed by atoms with Crippen molar-refractivity contribution in [2.75, 3.05) is 25.7 Å². The van der Waals surface area contributed by atoms with Crippen molar-refractivity contribution in [2.45, 2.75) is 26.5 Å². The van der Waals surface area contributed by atoms with E-state index < -0.39 is 6.10 Å². The highest BCUT2D eigenvalue weighted by molar-refractivity contribution is 5.64. The molecule has 1 atom stereocenters. The number of fused-ring (bicyclic) bond motifs is 1. The Labute approximate surface area is 147 Å². The number of nitriles is 1. The van der Waals surface area contributed by atoms with Gasteiger partial charge in [0.25, 0.3) is 0 Å². The van der Waals surface area contributed by atoms with Crippen molar-refractivity contribution in [1.82, 2.24) is 4.98 Å². The number of benzene rings is 1. The number of aliphatic hydroxyl groups excluding tert-OH is 1. The summed E-state index contributed by atoms with van der Waals surface area (Å²) in [6.07, 6.45) is -0.742. The van der Waals surface area contributed by atoms with E-state index in [1.165, 1.54) is 0 Å². The smallest absolute Gasteiger partial charge is 0.125 e. The van der Waals surface area contributed by atoms with Gasteiger partial charge in [0, 0.05) is 29.9 Å². The second-order valence-electron chi connectivity index (χ2n) is 6.11. The van der Waals surface area contributed by atoms with E-state index in [-0.39, 0.29) is 0 Å². The summed E-state index contributed by atoms with van der Waals surface area (Å²) in [4.78, 5) is 6.36. The maximum atomic E-state index is 10.8. The van der Waals surface area contributed by atoms with Crippen LogP contribution in [0.25, 0.3) is 0 Å². The van der Waals surface area contributed by atoms with Crippen LogP contribution in [-0.2, 0) is 6.54 Å². The first-order valence-electron chi connectivity index (χ1n) is 8.05. The van der Waals surface area contributed by atoms with Crippen LogP contribution in [-0.4, -0.2) is 30.9 Å². The summed E-state index contributed by atoms with van der Waals surface area (Å²) in [6, 6.07) is 7.76. The summed E-state index contributed by atoms with van der Waals surface area (Å²) in [6.45, 7) is 4.61. The normalized spacial score (nSPS) is 16.2. The van der Waals surface area contributed by atoms with E-state index >= 15 is 0 Å². The van der Waals surface area contributed by atoms with Crippen LogP contribution in [0.3, 0.4) is 0 Å². The molecular weight excluding hydrogens is 318 g/mol. The van der Waals surface area contributed by atoms with Gasteiger partial charge in [-0.05, 0) is 32.0 Å². The zero-order valence-corrected chi connectivity index (χ0v) is 14.8. The molecule has 0 saturated heterocycles. The van der Waals surface area contributed by atoms with Crippen LogP contribution in [0.1, 0.15) is 34.2 Å². The molecule has 0 saturated carbocycles. The number of methoxy groups -OCH3 is 2. The zero-order valence-electron chi connectivity index (χ0n) is 14.8. The van der Waals surface area contributed by atoms with E-state index in [0.717, 1.165) is 22.5 Å². The lowest BCUT2D eigenvalue weighted by Crippen LogP contribution is -2.35. The van der Waals surface area contributed by atoms with Gasteiger partial charge in [0.1, 0.15) is 23.7 Å². The van der Waals surface area contributed by atoms with E-state index in [1.807, 2.05) is 30.9 Å². The number of hydrogen-bond acceptors (Lipinski definition) is 6. The molecule has 1 aliphatic heterocycles. The van der Waals surface area contributed by atoms with E-state index in [9.17, 15) is 10.4 Å². The molecule has 6 heteroatoms. The first kappa shape index (κ1) is 17.1. The number of ether oxygens (including phenoxy) is 2. The van der Waals surface area contributed by atoms with Gasteiger partial charge in [-0.15, -0.1) is 0 Å². The van der Waals surface area contributed by atoms with Crippen LogP contribution in [0.15, 0.2) is 18.2 Å². The van der Waals surface area contributed by atoms with Gasteiger partial charge < -0.3 is 19.5 Å². The van der Waals surface area contributed by atoms with Gasteiger partial charge in [-0.1, -0.05) is 0 Å². The van der Waals surface area contributed by atoms with Gasteiger partial charge in [-0.25, -0.2) is 0 Å². The fourth-order valence-corrected chi connectivity index (χ4v) is 3.46. The average Bonchev–Trinajstić information content (AvgIpc) is 2.60. The lowest BCUT2D eigenvalue weighted by atomic mass is 9.94. The minimum absolute atomic E-state index is 0.369. The SMILES string of the molecule is COc1ccc(OC)c2c1CN(c1cc(C)nc(C)c1C#N)CC2O. The summed E-state index contributed by atoms with van der Waals surface area (Å²) in [7, 11) is 3.19. The van der Waals surface area contributed by atoms with Crippen LogP contribution in [0.2, 0.25) is 0 Å². The van der Waals surface area contributed by atoms with Crippen LogP contribution in [0, 0.1) is 25.2 Å². The standard InChI is InChI=1S/C19H21N3O3/c1-11-7-15(13(8-20)12(2)21-11)22-9-14-17(24-3)5-6-18(25-4)19(14)16(23)10-22/h5-7,16,23H,9-10H2,1-4H3. The average molecular weight is 339 g/mol. The van der Waals surface area contributed by atoms with Gasteiger partial charge in [-0.2, -0.15) is 5.26 Å². The van der Waals surface area contributed by atoms with Crippen molar-refractivity contribution in [1.29, 1.82) is 5.26 Å². The third kappa shape index (κ3) is 2.87. The molecule has 1 aromatic heterocycles. The Morgan fingerprint density at radius 2 is 1.92 bits per heavy atom. The minimum atomic E-state index is -0.742. The Bertz CT molecular complexity index is 858. The number of pyridine rings is 1. The fraction of sp³-hybridized carbons (Fsp3) is 0.368. The highest BCUT2D eigenvalue weighted by Crippen LogP contribution is 2.41. The number of β-amino-alcohol motifs (C(OH)–C–C–N with tert-alkyl or cyclic N) is 1. The van der Waals surface area contributed by atoms with Crippen LogP contribution < -0.4 is 14.4 Å². The molecule has 0 bridgehead atoms. The Balaban J connectivity index is 2.13. The monoisotopic (exact) mass is 339 g/mol. The van der Waals surface area contributed by atoms with Crippen LogP contribution in [0.4, 0.5) is 5.69 Å². The number of aryl methyl sites for hydroxylation is 2. The predicted molar refractivity (Wildman–Crippen MR) is 94.0 cm³/mol. The van der Waals surface area contributed by atoms with Crippen LogP contribution in [0.5, 0.6) is 11.5 Å². The molecular formula is C19H21N3O3. The number of aliphatic hydroxyl groups is 1. The van der Waals surface area contributed by atoms with E-state index in [2.05, 4.69) is 11.1 Å². The van der Waals surface area contributed by atoms with Crippen molar-refractivity contribution in [3.63, 3.8) is 0 Å². The molecule has 0 spiro atoms. The highest BCUT2D eigenvalue weighted by Gasteiger charge is 2.31. The maximum Gasteiger partial charge on any atom is 0.125 e. The molecule has 0 radical (unpaired) electrons. The molecule has 1 unspecified atom stereocenters. The lowest BCUT2D eigenvalue weighted by Gasteiger charge is -2.36. The second-order valence-corrected chi connectivity index (χ2v) is 6.11. The number of hydrogen-bond donors (Lipinski definition) is 1. The molecule has 25 heavy (non-hydrogen) atoms. The number of anilines is 1. The van der Waals surface area contributed by atoms with Gasteiger partial charge in [0.15, 0.2) is 0 Å². The van der Waals surface area contributed by atoms with Crippen molar-refractivity contribution in [3.8, 4) is 17.6 Å². The van der Waals surface area contributed by atoms with Gasteiger partial charge in [0.2, 0.25) is 0 Å². The Morgan fingerprint density at radius 3 is 2.56 bits per heavy atom. The first-order chi connectivity index (χ1) is 12.0. The number of nitrogens with zero attached hydrogens (tertiary/aromatic N) is 3. The Hall–Kier alpha value is -2.78. The van der Waals surface area contributed by atoms with E-state index in [0.29, 0.717) is 35.8 Å². The van der Waals surface area contributed by atoms with Crippen molar-refractivity contribution in [2.24, 2.45) is 0 Å². The highest BCUT2D eigenvalue weighted by atomic mass is 16.5. The lowest BCUT2D eigenvalue weighted by molar-refractivity contribution is 0.169. The molecule has 1 aliphatic rings. The molecule has 0 amide bonds. The summed E-state index contributed by atoms with van der Waals surface area (Å²) >= 11 is 0. The van der Waals surface area contributed by atoms with Gasteiger partial charge in [0.05, 0.1) is 31.2 Å². The minimum Gasteiger partial charge on any atom is -0.496 e. The molecule has 3 rings (SSSR count). The Morgan fingerprint density at radius 1 is 1.24 bits per heavy atom. The maximum absolute atomic E-state index is 10.8. The summed E-state index contributed by atoms with van der Waals surface area (Å²) in [5, 5.41) is 20.3. The summed E-state index contributed by atoms with van der Waals surface area (Å²) < 4.78 is 10.9. The molecule has 0 aliphatic carbocycles. The topological polar surface area (TPSA) is 78.6 Å². The molecule has 1 N–H and O–H groups in total. The zero-order chi connectivity index (χ0) is 18.1. The molecule has 0 fully saturated rings. The van der Waals surface area contributed by atoms with Crippen molar-refractivity contribution < 1.29 is 14.6 Å². The molecule has 2 aromatic rings. The fourth-order valence-electron chi connectivity index (χ4n) is 3.46. The quantitative estimate of drug-likeness (QED) is 0.926. The van der Waals surface area contributed by atoms with Gasteiger partial charge >= 0.3 is 0 Å². The summed E-state index contributed by atoms with van der Waals surface area (Å²) in [5.41, 5.74) is 4.46. The van der Waals surface area contributed by atoms with Crippen LogP contribution >= 0.6 is 0 Å². The van der Waals surface area contributed by atoms with E-state index in [4.69, 9.17) is 9.47 Å². The third-order valence-corrected chi connectivity index (χ3v) is 4.55. The van der Waals surface area contributed by atoms with E-state index in [1.54, 1.807) is 20.3 Å². The van der Waals surface area contributed by atoms with Gasteiger partial charge in [-0.3, -0.25) is 4.98 Å². The second kappa shape index (κ2) is 6.61. The first-order valence-corrected chi connectivity index (χ1v) is 8.05. The number of aromatic nitrogens is 1.